The van der Waals surface area contributed by atoms with Gasteiger partial charge in [-0.1, -0.05) is 20.8 Å². The number of ether oxygens (including phenoxy) is 2. The molecule has 4 rings (SSSR count). The van der Waals surface area contributed by atoms with Gasteiger partial charge >= 0.3 is 5.97 Å². The molecule has 0 radical (unpaired) electrons. The molecule has 0 N–H and O–H groups in total. The van der Waals surface area contributed by atoms with Crippen molar-refractivity contribution < 1.29 is 18.7 Å². The predicted octanol–water partition coefficient (Wildman–Crippen LogP) is 4.56. The molecular formula is C20H32O4Si. The lowest BCUT2D eigenvalue weighted by atomic mass is 9.61. The maximum Gasteiger partial charge on any atom is 0.310 e. The largest absolute Gasteiger partial charge is 0.435 e. The van der Waals surface area contributed by atoms with E-state index in [0.717, 1.165) is 32.1 Å². The summed E-state index contributed by atoms with van der Waals surface area (Å²) in [6.07, 6.45) is 8.35. The quantitative estimate of drug-likeness (QED) is 0.409. The molecule has 140 valence electrons. The molecule has 2 aliphatic heterocycles. The molecule has 1 spiro atoms. The normalized spacial score (nSPS) is 40.8. The lowest BCUT2D eigenvalue weighted by Gasteiger charge is -2.52. The van der Waals surface area contributed by atoms with Crippen molar-refractivity contribution in [3.8, 4) is 0 Å². The highest BCUT2D eigenvalue weighted by atomic mass is 28.4. The first-order chi connectivity index (χ1) is 11.6. The van der Waals surface area contributed by atoms with E-state index in [1.165, 1.54) is 5.57 Å². The molecule has 5 heteroatoms. The standard InChI is InChI=1S/C20H32O4Si/c1-19(2,3)25(4,5)24-18-13-6-7-14-12-22-17(21)8-9-20(14,18)11-16-15(10-13)23-16/h12-13,15-16,18H,6-11H2,1-5H3/t13-,15+,16+,18+,20-/m0/s1. The average Bonchev–Trinajstić information content (AvgIpc) is 3.26. The first-order valence-electron chi connectivity index (χ1n) is 9.85. The molecule has 2 saturated carbocycles. The summed E-state index contributed by atoms with van der Waals surface area (Å²) in [6, 6.07) is 0. The Kier molecular flexibility index (Phi) is 4.02. The zero-order valence-electron chi connectivity index (χ0n) is 16.3. The molecular weight excluding hydrogens is 332 g/mol. The van der Waals surface area contributed by atoms with Crippen LogP contribution in [-0.4, -0.2) is 32.6 Å². The number of carbonyl (C=O) groups excluding carboxylic acids is 1. The van der Waals surface area contributed by atoms with Gasteiger partial charge in [-0.3, -0.25) is 4.79 Å². The molecule has 0 aromatic rings. The number of hydrogen-bond acceptors (Lipinski definition) is 4. The van der Waals surface area contributed by atoms with Crippen LogP contribution in [0.5, 0.6) is 0 Å². The van der Waals surface area contributed by atoms with E-state index in [0.29, 0.717) is 24.5 Å². The lowest BCUT2D eigenvalue weighted by molar-refractivity contribution is -0.138. The number of hydrogen-bond donors (Lipinski definition) is 0. The van der Waals surface area contributed by atoms with Gasteiger partial charge in [-0.2, -0.15) is 0 Å². The van der Waals surface area contributed by atoms with Gasteiger partial charge < -0.3 is 13.9 Å². The summed E-state index contributed by atoms with van der Waals surface area (Å²) in [5, 5.41) is 0.185. The second-order valence-electron chi connectivity index (χ2n) is 10.0. The van der Waals surface area contributed by atoms with Gasteiger partial charge in [0.1, 0.15) is 0 Å². The van der Waals surface area contributed by atoms with E-state index in [2.05, 4.69) is 33.9 Å². The fourth-order valence-corrected chi connectivity index (χ4v) is 6.30. The Hall–Kier alpha value is -0.653. The van der Waals surface area contributed by atoms with Gasteiger partial charge in [0.05, 0.1) is 24.6 Å². The van der Waals surface area contributed by atoms with Crippen LogP contribution in [0.25, 0.3) is 0 Å². The Balaban J connectivity index is 1.74. The van der Waals surface area contributed by atoms with E-state index < -0.39 is 8.32 Å². The summed E-state index contributed by atoms with van der Waals surface area (Å²) >= 11 is 0. The maximum absolute atomic E-state index is 12.0. The highest BCUT2D eigenvalue weighted by Gasteiger charge is 2.60. The molecule has 3 fully saturated rings. The van der Waals surface area contributed by atoms with Crippen LogP contribution in [0, 0.1) is 11.3 Å². The zero-order chi connectivity index (χ0) is 18.0. The Morgan fingerprint density at radius 1 is 1.24 bits per heavy atom. The van der Waals surface area contributed by atoms with Gasteiger partial charge in [-0.15, -0.1) is 0 Å². The fraction of sp³-hybridized carbons (Fsp3) is 0.850. The summed E-state index contributed by atoms with van der Waals surface area (Å²) < 4.78 is 18.4. The van der Waals surface area contributed by atoms with Crippen molar-refractivity contribution >= 4 is 14.3 Å². The summed E-state index contributed by atoms with van der Waals surface area (Å²) in [6.45, 7) is 11.6. The van der Waals surface area contributed by atoms with Crippen molar-refractivity contribution in [1.29, 1.82) is 0 Å². The second-order valence-corrected chi connectivity index (χ2v) is 14.8. The maximum atomic E-state index is 12.0. The zero-order valence-corrected chi connectivity index (χ0v) is 17.3. The van der Waals surface area contributed by atoms with E-state index in [1.54, 1.807) is 6.26 Å². The summed E-state index contributed by atoms with van der Waals surface area (Å²) in [4.78, 5) is 12.0. The monoisotopic (exact) mass is 364 g/mol. The third-order valence-electron chi connectivity index (χ3n) is 7.52. The van der Waals surface area contributed by atoms with Crippen LogP contribution in [-0.2, 0) is 18.7 Å². The first-order valence-corrected chi connectivity index (χ1v) is 12.8. The molecule has 2 heterocycles. The first kappa shape index (κ1) is 17.7. The van der Waals surface area contributed by atoms with Crippen LogP contribution in [0.4, 0.5) is 0 Å². The highest BCUT2D eigenvalue weighted by Crippen LogP contribution is 2.60. The molecule has 2 aliphatic carbocycles. The number of rotatable bonds is 2. The molecule has 0 amide bonds. The van der Waals surface area contributed by atoms with Crippen molar-refractivity contribution in [2.75, 3.05) is 0 Å². The van der Waals surface area contributed by atoms with E-state index in [1.807, 2.05) is 0 Å². The lowest BCUT2D eigenvalue weighted by Crippen LogP contribution is -2.54. The van der Waals surface area contributed by atoms with E-state index in [9.17, 15) is 4.79 Å². The summed E-state index contributed by atoms with van der Waals surface area (Å²) in [5.74, 6) is 0.438. The Labute approximate surface area is 152 Å². The molecule has 0 unspecified atom stereocenters. The van der Waals surface area contributed by atoms with E-state index >= 15 is 0 Å². The smallest absolute Gasteiger partial charge is 0.310 e. The molecule has 4 nitrogen and oxygen atoms in total. The number of carbonyl (C=O) groups is 1. The molecule has 0 aromatic carbocycles. The van der Waals surface area contributed by atoms with Crippen LogP contribution >= 0.6 is 0 Å². The Morgan fingerprint density at radius 2 is 2.00 bits per heavy atom. The van der Waals surface area contributed by atoms with Gasteiger partial charge in [0, 0.05) is 11.8 Å². The van der Waals surface area contributed by atoms with Crippen LogP contribution in [0.2, 0.25) is 18.1 Å². The number of cyclic esters (lactones) is 1. The Morgan fingerprint density at radius 3 is 2.72 bits per heavy atom. The number of epoxide rings is 1. The number of esters is 1. The third kappa shape index (κ3) is 2.92. The van der Waals surface area contributed by atoms with Gasteiger partial charge in [0.15, 0.2) is 8.32 Å². The molecule has 2 bridgehead atoms. The SMILES string of the molecule is CC(C)(C)[Si](C)(C)O[C@@H]1[C@H]2CCC3=COC(=O)CC[C@]31C[C@H]1O[C@@H]1C2. The van der Waals surface area contributed by atoms with Crippen LogP contribution in [0.15, 0.2) is 11.8 Å². The van der Waals surface area contributed by atoms with Gasteiger partial charge in [-0.05, 0) is 61.7 Å². The minimum Gasteiger partial charge on any atom is -0.435 e. The van der Waals surface area contributed by atoms with Crippen molar-refractivity contribution in [2.24, 2.45) is 11.3 Å². The average molecular weight is 365 g/mol. The highest BCUT2D eigenvalue weighted by molar-refractivity contribution is 6.74. The van der Waals surface area contributed by atoms with Crippen molar-refractivity contribution in [1.82, 2.24) is 0 Å². The third-order valence-corrected chi connectivity index (χ3v) is 12.0. The Bertz CT molecular complexity index is 605. The molecule has 5 atom stereocenters. The molecule has 0 aromatic heterocycles. The summed E-state index contributed by atoms with van der Waals surface area (Å²) in [5.41, 5.74) is 1.23. The summed E-state index contributed by atoms with van der Waals surface area (Å²) in [7, 11) is -1.90. The van der Waals surface area contributed by atoms with Crippen LogP contribution < -0.4 is 0 Å². The molecule has 25 heavy (non-hydrogen) atoms. The van der Waals surface area contributed by atoms with Crippen molar-refractivity contribution in [3.63, 3.8) is 0 Å². The molecule has 4 aliphatic rings. The van der Waals surface area contributed by atoms with E-state index in [4.69, 9.17) is 13.9 Å². The van der Waals surface area contributed by atoms with E-state index in [-0.39, 0.29) is 22.5 Å². The fourth-order valence-electron chi connectivity index (χ4n) is 4.89. The predicted molar refractivity (Wildman–Crippen MR) is 98.5 cm³/mol. The minimum absolute atomic E-state index is 0.0689. The van der Waals surface area contributed by atoms with Crippen LogP contribution in [0.1, 0.15) is 59.3 Å². The second kappa shape index (κ2) is 5.67. The van der Waals surface area contributed by atoms with Crippen LogP contribution in [0.3, 0.4) is 0 Å². The van der Waals surface area contributed by atoms with Gasteiger partial charge in [-0.25, -0.2) is 0 Å². The van der Waals surface area contributed by atoms with Crippen molar-refractivity contribution in [2.45, 2.75) is 95.7 Å². The topological polar surface area (TPSA) is 48.1 Å². The molecule has 1 saturated heterocycles. The van der Waals surface area contributed by atoms with Gasteiger partial charge in [0.2, 0.25) is 0 Å². The van der Waals surface area contributed by atoms with Gasteiger partial charge in [0.25, 0.3) is 0 Å². The number of fused-ring (bicyclic) bond motifs is 2. The minimum atomic E-state index is -1.90. The van der Waals surface area contributed by atoms with Crippen molar-refractivity contribution in [3.05, 3.63) is 11.8 Å².